The van der Waals surface area contributed by atoms with E-state index < -0.39 is 0 Å². The summed E-state index contributed by atoms with van der Waals surface area (Å²) in [7, 11) is 3.97. The molecule has 2 aromatic heterocycles. The Morgan fingerprint density at radius 1 is 0.786 bits per heavy atom. The minimum absolute atomic E-state index is 0.638. The summed E-state index contributed by atoms with van der Waals surface area (Å²) in [5.41, 5.74) is 0.777. The second-order valence-corrected chi connectivity index (χ2v) is 7.54. The van der Waals surface area contributed by atoms with Crippen LogP contribution in [0, 0.1) is 0 Å². The van der Waals surface area contributed by atoms with E-state index in [2.05, 4.69) is 9.80 Å². The summed E-state index contributed by atoms with van der Waals surface area (Å²) < 4.78 is 5.50. The number of aromatic nitrogens is 4. The zero-order valence-corrected chi connectivity index (χ0v) is 16.8. The zero-order valence-electron chi connectivity index (χ0n) is 16.8. The summed E-state index contributed by atoms with van der Waals surface area (Å²) in [6, 6.07) is 5.96. The molecular weight excluding hydrogens is 354 g/mol. The van der Waals surface area contributed by atoms with Crippen LogP contribution >= 0.6 is 0 Å². The van der Waals surface area contributed by atoms with Gasteiger partial charge in [0.15, 0.2) is 5.82 Å². The van der Waals surface area contributed by atoms with E-state index in [-0.39, 0.29) is 0 Å². The van der Waals surface area contributed by atoms with Crippen molar-refractivity contribution in [2.75, 3.05) is 68.2 Å². The third-order valence-electron chi connectivity index (χ3n) is 5.22. The van der Waals surface area contributed by atoms with E-state index in [0.29, 0.717) is 19.0 Å². The molecule has 0 amide bonds. The van der Waals surface area contributed by atoms with E-state index in [1.165, 1.54) is 25.7 Å². The molecule has 2 aliphatic heterocycles. The maximum atomic E-state index is 5.50. The van der Waals surface area contributed by atoms with Crippen molar-refractivity contribution in [3.8, 4) is 11.5 Å². The van der Waals surface area contributed by atoms with Gasteiger partial charge in [-0.25, -0.2) is 4.98 Å². The molecule has 4 heterocycles. The molecule has 2 aromatic rings. The first-order valence-electron chi connectivity index (χ1n) is 10.2. The summed E-state index contributed by atoms with van der Waals surface area (Å²) in [6.07, 6.45) is 4.92. The third-order valence-corrected chi connectivity index (χ3v) is 5.22. The molecule has 0 radical (unpaired) electrons. The molecular formula is C20H29N7O. The maximum absolute atomic E-state index is 5.50. The van der Waals surface area contributed by atoms with E-state index in [1.807, 2.05) is 37.2 Å². The predicted molar refractivity (Wildman–Crippen MR) is 111 cm³/mol. The number of pyridine rings is 1. The van der Waals surface area contributed by atoms with Gasteiger partial charge >= 0.3 is 0 Å². The van der Waals surface area contributed by atoms with Crippen molar-refractivity contribution in [2.24, 2.45) is 0 Å². The van der Waals surface area contributed by atoms with E-state index >= 15 is 0 Å². The topological polar surface area (TPSA) is 70.5 Å². The monoisotopic (exact) mass is 383 g/mol. The Morgan fingerprint density at radius 2 is 1.43 bits per heavy atom. The van der Waals surface area contributed by atoms with Gasteiger partial charge in [-0.05, 0) is 25.0 Å². The van der Waals surface area contributed by atoms with Crippen LogP contribution < -0.4 is 14.7 Å². The lowest BCUT2D eigenvalue weighted by atomic mass is 10.2. The van der Waals surface area contributed by atoms with Crippen molar-refractivity contribution in [1.82, 2.24) is 19.9 Å². The van der Waals surface area contributed by atoms with Gasteiger partial charge < -0.3 is 19.4 Å². The Labute approximate surface area is 166 Å². The number of ether oxygens (including phenoxy) is 1. The van der Waals surface area contributed by atoms with Gasteiger partial charge in [0.1, 0.15) is 11.5 Å². The molecule has 0 spiro atoms. The van der Waals surface area contributed by atoms with Crippen LogP contribution in [0.4, 0.5) is 17.7 Å². The number of anilines is 3. The van der Waals surface area contributed by atoms with E-state index in [4.69, 9.17) is 24.7 Å². The number of morpholine rings is 1. The van der Waals surface area contributed by atoms with Crippen LogP contribution in [0.15, 0.2) is 18.2 Å². The highest BCUT2D eigenvalue weighted by Crippen LogP contribution is 2.24. The number of rotatable bonds is 4. The van der Waals surface area contributed by atoms with Gasteiger partial charge in [0.05, 0.1) is 13.2 Å². The Bertz CT molecular complexity index is 784. The maximum Gasteiger partial charge on any atom is 0.230 e. The minimum atomic E-state index is 0.638. The molecule has 0 N–H and O–H groups in total. The largest absolute Gasteiger partial charge is 0.378 e. The Hall–Kier alpha value is -2.48. The number of hydrogen-bond donors (Lipinski definition) is 0. The Balaban J connectivity index is 1.73. The van der Waals surface area contributed by atoms with Gasteiger partial charge in [-0.2, -0.15) is 15.0 Å². The Morgan fingerprint density at radius 3 is 2.07 bits per heavy atom. The molecule has 0 aliphatic carbocycles. The van der Waals surface area contributed by atoms with Crippen molar-refractivity contribution in [1.29, 1.82) is 0 Å². The van der Waals surface area contributed by atoms with Crippen LogP contribution in [0.1, 0.15) is 25.7 Å². The quantitative estimate of drug-likeness (QED) is 0.796. The second-order valence-electron chi connectivity index (χ2n) is 7.54. The highest BCUT2D eigenvalue weighted by atomic mass is 16.5. The third kappa shape index (κ3) is 4.32. The lowest BCUT2D eigenvalue weighted by Gasteiger charge is -2.28. The SMILES string of the molecule is CN(C)c1cccc(-c2nc(N3CCCCCC3)nc(N3CCOCC3)n2)n1. The van der Waals surface area contributed by atoms with Gasteiger partial charge in [0.2, 0.25) is 11.9 Å². The number of hydrogen-bond acceptors (Lipinski definition) is 8. The molecule has 28 heavy (non-hydrogen) atoms. The summed E-state index contributed by atoms with van der Waals surface area (Å²) >= 11 is 0. The fourth-order valence-electron chi connectivity index (χ4n) is 3.58. The first-order valence-corrected chi connectivity index (χ1v) is 10.2. The van der Waals surface area contributed by atoms with Crippen LogP contribution in [-0.2, 0) is 4.74 Å². The molecule has 0 unspecified atom stereocenters. The molecule has 2 aliphatic rings. The van der Waals surface area contributed by atoms with Crippen molar-refractivity contribution >= 4 is 17.7 Å². The standard InChI is InChI=1S/C20H29N7O/c1-25(2)17-9-7-8-16(21-17)18-22-19(26-10-5-3-4-6-11-26)24-20(23-18)27-12-14-28-15-13-27/h7-9H,3-6,10-15H2,1-2H3. The molecule has 4 rings (SSSR count). The lowest BCUT2D eigenvalue weighted by molar-refractivity contribution is 0.122. The van der Waals surface area contributed by atoms with E-state index in [1.54, 1.807) is 0 Å². The normalized spacial score (nSPS) is 18.1. The fraction of sp³-hybridized carbons (Fsp3) is 0.600. The molecule has 150 valence electrons. The Kier molecular flexibility index (Phi) is 5.85. The van der Waals surface area contributed by atoms with Gasteiger partial charge in [0.25, 0.3) is 0 Å². The lowest BCUT2D eigenvalue weighted by Crippen LogP contribution is -2.38. The summed E-state index contributed by atoms with van der Waals surface area (Å²) in [5, 5.41) is 0. The molecule has 2 saturated heterocycles. The van der Waals surface area contributed by atoms with Crippen LogP contribution in [0.25, 0.3) is 11.5 Å². The molecule has 8 heteroatoms. The average Bonchev–Trinajstić information content (AvgIpc) is 3.04. The molecule has 0 saturated carbocycles. The first kappa shape index (κ1) is 18.9. The van der Waals surface area contributed by atoms with Crippen molar-refractivity contribution in [3.05, 3.63) is 18.2 Å². The molecule has 8 nitrogen and oxygen atoms in total. The van der Waals surface area contributed by atoms with Gasteiger partial charge in [-0.1, -0.05) is 18.9 Å². The molecule has 0 aromatic carbocycles. The highest BCUT2D eigenvalue weighted by molar-refractivity contribution is 5.57. The highest BCUT2D eigenvalue weighted by Gasteiger charge is 2.21. The van der Waals surface area contributed by atoms with Gasteiger partial charge in [-0.15, -0.1) is 0 Å². The van der Waals surface area contributed by atoms with Gasteiger partial charge in [-0.3, -0.25) is 0 Å². The predicted octanol–water partition coefficient (Wildman–Crippen LogP) is 2.22. The van der Waals surface area contributed by atoms with Crippen LogP contribution in [0.5, 0.6) is 0 Å². The average molecular weight is 384 g/mol. The van der Waals surface area contributed by atoms with Crippen LogP contribution in [0.2, 0.25) is 0 Å². The minimum Gasteiger partial charge on any atom is -0.378 e. The zero-order chi connectivity index (χ0) is 19.3. The second kappa shape index (κ2) is 8.68. The fourth-order valence-corrected chi connectivity index (χ4v) is 3.58. The van der Waals surface area contributed by atoms with E-state index in [9.17, 15) is 0 Å². The van der Waals surface area contributed by atoms with Crippen molar-refractivity contribution < 1.29 is 4.74 Å². The number of nitrogens with zero attached hydrogens (tertiary/aromatic N) is 7. The van der Waals surface area contributed by atoms with Crippen molar-refractivity contribution in [3.63, 3.8) is 0 Å². The summed E-state index contributed by atoms with van der Waals surface area (Å²) in [6.45, 7) is 5.00. The van der Waals surface area contributed by atoms with Gasteiger partial charge in [0, 0.05) is 40.3 Å². The van der Waals surface area contributed by atoms with Crippen LogP contribution in [0.3, 0.4) is 0 Å². The van der Waals surface area contributed by atoms with Crippen LogP contribution in [-0.4, -0.2) is 73.4 Å². The summed E-state index contributed by atoms with van der Waals surface area (Å²) in [4.78, 5) is 25.7. The van der Waals surface area contributed by atoms with Crippen molar-refractivity contribution in [2.45, 2.75) is 25.7 Å². The molecule has 0 bridgehead atoms. The molecule has 2 fully saturated rings. The summed E-state index contributed by atoms with van der Waals surface area (Å²) in [5.74, 6) is 3.02. The van der Waals surface area contributed by atoms with E-state index in [0.717, 1.165) is 49.6 Å². The smallest absolute Gasteiger partial charge is 0.230 e. The first-order chi connectivity index (χ1) is 13.7. The molecule has 0 atom stereocenters.